The molecule has 3 aromatic rings. The Morgan fingerprint density at radius 2 is 1.52 bits per heavy atom. The van der Waals surface area contributed by atoms with E-state index in [1.165, 1.54) is 17.3 Å². The summed E-state index contributed by atoms with van der Waals surface area (Å²) in [6.45, 7) is 13.4. The maximum absolute atomic E-state index is 13.8. The Labute approximate surface area is 251 Å². The first-order valence-corrected chi connectivity index (χ1v) is 15.4. The molecule has 4 rings (SSSR count). The largest absolute Gasteiger partial charge is 0.379 e. The molecule has 1 aromatic heterocycles. The maximum Gasteiger partial charge on any atom is 0.130 e. The highest BCUT2D eigenvalue weighted by molar-refractivity contribution is 5.55. The summed E-state index contributed by atoms with van der Waals surface area (Å²) in [5, 5.41) is 0. The van der Waals surface area contributed by atoms with Gasteiger partial charge < -0.3 is 28.9 Å². The summed E-state index contributed by atoms with van der Waals surface area (Å²) in [5.41, 5.74) is 3.31. The van der Waals surface area contributed by atoms with Crippen LogP contribution in [0.25, 0.3) is 0 Å². The van der Waals surface area contributed by atoms with Crippen molar-refractivity contribution in [1.29, 1.82) is 0 Å². The van der Waals surface area contributed by atoms with E-state index in [-0.39, 0.29) is 5.82 Å². The average Bonchev–Trinajstić information content (AvgIpc) is 3.03. The lowest BCUT2D eigenvalue weighted by Crippen LogP contribution is -2.37. The number of hydrogen-bond acceptors (Lipinski definition) is 7. The van der Waals surface area contributed by atoms with Gasteiger partial charge in [0, 0.05) is 69.5 Å². The second kappa shape index (κ2) is 17.7. The third kappa shape index (κ3) is 10.3. The summed E-state index contributed by atoms with van der Waals surface area (Å²) in [4.78, 5) is 11.6. The minimum absolute atomic E-state index is 0.201. The van der Waals surface area contributed by atoms with Crippen LogP contribution in [0.15, 0.2) is 72.9 Å². The van der Waals surface area contributed by atoms with E-state index in [0.717, 1.165) is 70.2 Å². The molecule has 1 fully saturated rings. The second-order valence-corrected chi connectivity index (χ2v) is 10.7. The highest BCUT2D eigenvalue weighted by Gasteiger charge is 2.20. The van der Waals surface area contributed by atoms with Crippen LogP contribution < -0.4 is 14.7 Å². The quantitative estimate of drug-likeness (QED) is 0.171. The van der Waals surface area contributed by atoms with Crippen LogP contribution in [-0.2, 0) is 20.8 Å². The molecule has 8 heteroatoms. The molecule has 1 aliphatic heterocycles. The standard InChI is InChI=1S/C34H47FN4O3/c1-3-37(32-12-8-11-31(35)25-32)19-20-38(4-2)34-26-33(13-16-36-34)39-17-14-30(15-18-39)28-42-24-22-40-21-23-41-27-29-9-6-5-7-10-29/h5-13,16,25-26,30H,3-4,14-15,17-24,27-28H2,1-2H3. The van der Waals surface area contributed by atoms with Crippen molar-refractivity contribution in [2.24, 2.45) is 5.92 Å². The number of piperidine rings is 1. The van der Waals surface area contributed by atoms with Crippen LogP contribution in [-0.4, -0.2) is 77.3 Å². The van der Waals surface area contributed by atoms with Crippen LogP contribution in [0.1, 0.15) is 32.3 Å². The van der Waals surface area contributed by atoms with Gasteiger partial charge in [0.05, 0.1) is 33.0 Å². The van der Waals surface area contributed by atoms with Crippen LogP contribution in [0.2, 0.25) is 0 Å². The van der Waals surface area contributed by atoms with E-state index >= 15 is 0 Å². The summed E-state index contributed by atoms with van der Waals surface area (Å²) in [7, 11) is 0. The minimum Gasteiger partial charge on any atom is -0.379 e. The Hall–Kier alpha value is -3.20. The highest BCUT2D eigenvalue weighted by atomic mass is 19.1. The van der Waals surface area contributed by atoms with Crippen molar-refractivity contribution in [2.45, 2.75) is 33.3 Å². The molecule has 0 amide bonds. The smallest absolute Gasteiger partial charge is 0.130 e. The van der Waals surface area contributed by atoms with E-state index < -0.39 is 0 Å². The van der Waals surface area contributed by atoms with Crippen molar-refractivity contribution in [3.05, 3.63) is 84.3 Å². The van der Waals surface area contributed by atoms with Gasteiger partial charge in [-0.15, -0.1) is 0 Å². The molecule has 228 valence electrons. The molecule has 0 bridgehead atoms. The van der Waals surface area contributed by atoms with E-state index in [2.05, 4.69) is 57.8 Å². The van der Waals surface area contributed by atoms with Gasteiger partial charge in [-0.2, -0.15) is 0 Å². The summed E-state index contributed by atoms with van der Waals surface area (Å²) in [5.74, 6) is 1.36. The molecule has 2 heterocycles. The normalized spacial score (nSPS) is 13.8. The van der Waals surface area contributed by atoms with Crippen molar-refractivity contribution >= 4 is 17.2 Å². The first kappa shape index (κ1) is 31.7. The summed E-state index contributed by atoms with van der Waals surface area (Å²) in [6, 6.07) is 21.3. The molecular weight excluding hydrogens is 531 g/mol. The SMILES string of the molecule is CCN(CCN(CC)c1cc(N2CCC(COCCOCCOCc3ccccc3)CC2)ccn1)c1cccc(F)c1. The molecule has 0 unspecified atom stereocenters. The van der Waals surface area contributed by atoms with Gasteiger partial charge in [-0.05, 0) is 62.4 Å². The fourth-order valence-electron chi connectivity index (χ4n) is 5.31. The Morgan fingerprint density at radius 3 is 2.26 bits per heavy atom. The lowest BCUT2D eigenvalue weighted by Gasteiger charge is -2.34. The Kier molecular flexibility index (Phi) is 13.4. The lowest BCUT2D eigenvalue weighted by atomic mass is 9.97. The summed E-state index contributed by atoms with van der Waals surface area (Å²) in [6.07, 6.45) is 4.14. The van der Waals surface area contributed by atoms with Gasteiger partial charge in [0.25, 0.3) is 0 Å². The average molecular weight is 579 g/mol. The Bertz CT molecular complexity index is 1160. The molecule has 0 spiro atoms. The van der Waals surface area contributed by atoms with Crippen LogP contribution in [0, 0.1) is 11.7 Å². The first-order chi connectivity index (χ1) is 20.7. The van der Waals surface area contributed by atoms with E-state index in [1.807, 2.05) is 30.5 Å². The van der Waals surface area contributed by atoms with Gasteiger partial charge in [0.15, 0.2) is 0 Å². The van der Waals surface area contributed by atoms with E-state index in [4.69, 9.17) is 14.2 Å². The van der Waals surface area contributed by atoms with Crippen LogP contribution >= 0.6 is 0 Å². The third-order valence-corrected chi connectivity index (χ3v) is 7.82. The number of rotatable bonds is 18. The van der Waals surface area contributed by atoms with Gasteiger partial charge in [-0.3, -0.25) is 0 Å². The number of ether oxygens (including phenoxy) is 3. The van der Waals surface area contributed by atoms with Crippen molar-refractivity contribution < 1.29 is 18.6 Å². The van der Waals surface area contributed by atoms with Crippen LogP contribution in [0.5, 0.6) is 0 Å². The molecule has 0 saturated carbocycles. The molecule has 1 saturated heterocycles. The number of likely N-dealkylation sites (N-methyl/N-ethyl adjacent to an activating group) is 2. The number of halogens is 1. The molecule has 0 aliphatic carbocycles. The predicted octanol–water partition coefficient (Wildman–Crippen LogP) is 6.04. The number of anilines is 3. The van der Waals surface area contributed by atoms with Gasteiger partial charge >= 0.3 is 0 Å². The number of pyridine rings is 1. The number of aromatic nitrogens is 1. The highest BCUT2D eigenvalue weighted by Crippen LogP contribution is 2.26. The first-order valence-electron chi connectivity index (χ1n) is 15.4. The van der Waals surface area contributed by atoms with Crippen LogP contribution in [0.4, 0.5) is 21.6 Å². The monoisotopic (exact) mass is 578 g/mol. The van der Waals surface area contributed by atoms with Crippen LogP contribution in [0.3, 0.4) is 0 Å². The topological polar surface area (TPSA) is 50.3 Å². The molecular formula is C34H47FN4O3. The van der Waals surface area contributed by atoms with Gasteiger partial charge in [-0.1, -0.05) is 36.4 Å². The maximum atomic E-state index is 13.8. The van der Waals surface area contributed by atoms with E-state index in [9.17, 15) is 4.39 Å². The second-order valence-electron chi connectivity index (χ2n) is 10.7. The molecule has 0 N–H and O–H groups in total. The third-order valence-electron chi connectivity index (χ3n) is 7.82. The van der Waals surface area contributed by atoms with E-state index in [1.54, 1.807) is 12.1 Å². The van der Waals surface area contributed by atoms with Crippen molar-refractivity contribution in [3.8, 4) is 0 Å². The zero-order valence-electron chi connectivity index (χ0n) is 25.3. The molecule has 1 aliphatic rings. The zero-order valence-corrected chi connectivity index (χ0v) is 25.3. The molecule has 2 aromatic carbocycles. The number of benzene rings is 2. The summed E-state index contributed by atoms with van der Waals surface area (Å²) >= 11 is 0. The van der Waals surface area contributed by atoms with E-state index in [0.29, 0.717) is 39.0 Å². The number of nitrogens with zero attached hydrogens (tertiary/aromatic N) is 4. The van der Waals surface area contributed by atoms with Gasteiger partial charge in [0.1, 0.15) is 11.6 Å². The fourth-order valence-corrected chi connectivity index (χ4v) is 5.31. The Morgan fingerprint density at radius 1 is 0.810 bits per heavy atom. The van der Waals surface area contributed by atoms with Gasteiger partial charge in [0.2, 0.25) is 0 Å². The minimum atomic E-state index is -0.201. The molecule has 42 heavy (non-hydrogen) atoms. The van der Waals surface area contributed by atoms with Crippen molar-refractivity contribution in [1.82, 2.24) is 4.98 Å². The summed E-state index contributed by atoms with van der Waals surface area (Å²) < 4.78 is 31.0. The molecule has 0 radical (unpaired) electrons. The predicted molar refractivity (Wildman–Crippen MR) is 169 cm³/mol. The molecule has 7 nitrogen and oxygen atoms in total. The fraction of sp³-hybridized carbons (Fsp3) is 0.500. The Balaban J connectivity index is 1.12. The van der Waals surface area contributed by atoms with Crippen molar-refractivity contribution in [3.63, 3.8) is 0 Å². The van der Waals surface area contributed by atoms with Gasteiger partial charge in [-0.25, -0.2) is 9.37 Å². The molecule has 0 atom stereocenters. The lowest BCUT2D eigenvalue weighted by molar-refractivity contribution is 0.00243. The zero-order chi connectivity index (χ0) is 29.4. The number of hydrogen-bond donors (Lipinski definition) is 0. The van der Waals surface area contributed by atoms with Crippen molar-refractivity contribution in [2.75, 3.05) is 87.0 Å².